The highest BCUT2D eigenvalue weighted by Gasteiger charge is 2.17. The van der Waals surface area contributed by atoms with Gasteiger partial charge in [-0.25, -0.2) is 14.4 Å². The summed E-state index contributed by atoms with van der Waals surface area (Å²) in [6, 6.07) is 5.46. The number of para-hydroxylation sites is 1. The van der Waals surface area contributed by atoms with Gasteiger partial charge in [-0.2, -0.15) is 0 Å². The van der Waals surface area contributed by atoms with Crippen molar-refractivity contribution in [1.82, 2.24) is 15.3 Å². The smallest absolute Gasteiger partial charge is 0.149 e. The Morgan fingerprint density at radius 1 is 1.39 bits per heavy atom. The average Bonchev–Trinajstić information content (AvgIpc) is 2.83. The van der Waals surface area contributed by atoms with E-state index in [1.54, 1.807) is 6.07 Å². The van der Waals surface area contributed by atoms with Crippen LogP contribution in [0.2, 0.25) is 0 Å². The molecule has 0 radical (unpaired) electrons. The van der Waals surface area contributed by atoms with Crippen LogP contribution in [0.5, 0.6) is 0 Å². The molecule has 0 aliphatic carbocycles. The zero-order chi connectivity index (χ0) is 12.5. The van der Waals surface area contributed by atoms with Crippen molar-refractivity contribution in [2.75, 3.05) is 6.54 Å². The lowest BCUT2D eigenvalue weighted by Gasteiger charge is -2.10. The number of hydrogen-bond acceptors (Lipinski definition) is 3. The van der Waals surface area contributed by atoms with E-state index in [0.717, 1.165) is 36.3 Å². The molecule has 1 aromatic carbocycles. The van der Waals surface area contributed by atoms with E-state index < -0.39 is 0 Å². The molecule has 0 spiro atoms. The maximum Gasteiger partial charge on any atom is 0.149 e. The maximum absolute atomic E-state index is 13.8. The lowest BCUT2D eigenvalue weighted by molar-refractivity contribution is 0.583. The second-order valence-corrected chi connectivity index (χ2v) is 4.86. The largest absolute Gasteiger partial charge is 0.314 e. The summed E-state index contributed by atoms with van der Waals surface area (Å²) in [6.07, 6.45) is 3.13. The fraction of sp³-hybridized carbons (Fsp3) is 0.429. The number of nitrogens with zero attached hydrogens (tertiary/aromatic N) is 2. The lowest BCUT2D eigenvalue weighted by Crippen LogP contribution is -2.24. The van der Waals surface area contributed by atoms with Crippen LogP contribution in [-0.4, -0.2) is 22.6 Å². The Kier molecular flexibility index (Phi) is 2.96. The van der Waals surface area contributed by atoms with E-state index in [0.29, 0.717) is 11.6 Å². The second kappa shape index (κ2) is 4.61. The molecule has 0 bridgehead atoms. The summed E-state index contributed by atoms with van der Waals surface area (Å²) in [7, 11) is 0. The summed E-state index contributed by atoms with van der Waals surface area (Å²) >= 11 is 0. The number of nitrogens with one attached hydrogen (secondary N) is 1. The second-order valence-electron chi connectivity index (χ2n) is 4.86. The quantitative estimate of drug-likeness (QED) is 0.882. The summed E-state index contributed by atoms with van der Waals surface area (Å²) in [5.74, 6) is 0.475. The Morgan fingerprint density at radius 2 is 2.28 bits per heavy atom. The van der Waals surface area contributed by atoms with Gasteiger partial charge >= 0.3 is 0 Å². The Labute approximate surface area is 105 Å². The van der Waals surface area contributed by atoms with Gasteiger partial charge in [-0.05, 0) is 32.4 Å². The molecule has 3 nitrogen and oxygen atoms in total. The van der Waals surface area contributed by atoms with E-state index >= 15 is 0 Å². The Bertz CT molecular complexity index is 577. The van der Waals surface area contributed by atoms with Crippen LogP contribution >= 0.6 is 0 Å². The van der Waals surface area contributed by atoms with Gasteiger partial charge in [-0.15, -0.1) is 0 Å². The van der Waals surface area contributed by atoms with Crippen molar-refractivity contribution in [1.29, 1.82) is 0 Å². The van der Waals surface area contributed by atoms with E-state index in [4.69, 9.17) is 0 Å². The molecular formula is C14H16FN3. The molecule has 1 unspecified atom stereocenters. The first kappa shape index (κ1) is 11.5. The summed E-state index contributed by atoms with van der Waals surface area (Å²) in [5, 5.41) is 4.22. The van der Waals surface area contributed by atoms with Crippen LogP contribution in [0.25, 0.3) is 10.9 Å². The minimum atomic E-state index is -0.265. The molecule has 1 aromatic heterocycles. The van der Waals surface area contributed by atoms with E-state index in [-0.39, 0.29) is 5.82 Å². The van der Waals surface area contributed by atoms with Crippen molar-refractivity contribution in [3.05, 3.63) is 35.5 Å². The predicted octanol–water partition coefficient (Wildman–Crippen LogP) is 2.37. The van der Waals surface area contributed by atoms with Crippen LogP contribution in [0.3, 0.4) is 0 Å². The monoisotopic (exact) mass is 245 g/mol. The number of rotatable bonds is 2. The molecule has 3 rings (SSSR count). The SMILES string of the molecule is Cc1nc(CC2CCCN2)nc2c(F)cccc12. The number of hydrogen-bond donors (Lipinski definition) is 1. The summed E-state index contributed by atoms with van der Waals surface area (Å²) < 4.78 is 13.8. The van der Waals surface area contributed by atoms with Crippen molar-refractivity contribution in [2.45, 2.75) is 32.2 Å². The minimum absolute atomic E-state index is 0.265. The molecule has 1 N–H and O–H groups in total. The molecule has 1 aliphatic heterocycles. The highest BCUT2D eigenvalue weighted by molar-refractivity contribution is 5.81. The van der Waals surface area contributed by atoms with Gasteiger partial charge in [0.15, 0.2) is 0 Å². The fourth-order valence-electron chi connectivity index (χ4n) is 2.57. The van der Waals surface area contributed by atoms with E-state index in [1.807, 2.05) is 13.0 Å². The topological polar surface area (TPSA) is 37.8 Å². The van der Waals surface area contributed by atoms with Gasteiger partial charge in [-0.1, -0.05) is 12.1 Å². The van der Waals surface area contributed by atoms with Crippen molar-refractivity contribution >= 4 is 10.9 Å². The molecule has 0 amide bonds. The van der Waals surface area contributed by atoms with Crippen LogP contribution < -0.4 is 5.32 Å². The normalized spacial score (nSPS) is 19.6. The number of halogens is 1. The van der Waals surface area contributed by atoms with Crippen molar-refractivity contribution in [2.24, 2.45) is 0 Å². The number of fused-ring (bicyclic) bond motifs is 1. The number of benzene rings is 1. The zero-order valence-electron chi connectivity index (χ0n) is 10.4. The van der Waals surface area contributed by atoms with Crippen molar-refractivity contribution in [3.8, 4) is 0 Å². The van der Waals surface area contributed by atoms with Crippen molar-refractivity contribution < 1.29 is 4.39 Å². The Balaban J connectivity index is 2.00. The molecule has 2 heterocycles. The third-order valence-electron chi connectivity index (χ3n) is 3.51. The van der Waals surface area contributed by atoms with Crippen LogP contribution in [0.1, 0.15) is 24.4 Å². The van der Waals surface area contributed by atoms with E-state index in [1.165, 1.54) is 12.5 Å². The molecule has 0 saturated carbocycles. The average molecular weight is 245 g/mol. The predicted molar refractivity (Wildman–Crippen MR) is 69.0 cm³/mol. The molecule has 1 aliphatic rings. The fourth-order valence-corrected chi connectivity index (χ4v) is 2.57. The van der Waals surface area contributed by atoms with Crippen LogP contribution in [0.15, 0.2) is 18.2 Å². The lowest BCUT2D eigenvalue weighted by atomic mass is 10.1. The molecule has 1 saturated heterocycles. The zero-order valence-corrected chi connectivity index (χ0v) is 10.4. The molecule has 94 valence electrons. The van der Waals surface area contributed by atoms with E-state index in [9.17, 15) is 4.39 Å². The highest BCUT2D eigenvalue weighted by Crippen LogP contribution is 2.19. The van der Waals surface area contributed by atoms with Gasteiger partial charge in [0.1, 0.15) is 17.2 Å². The number of aryl methyl sites for hydroxylation is 1. The molecule has 1 atom stereocenters. The van der Waals surface area contributed by atoms with Gasteiger partial charge in [0.05, 0.1) is 0 Å². The minimum Gasteiger partial charge on any atom is -0.314 e. The van der Waals surface area contributed by atoms with Crippen LogP contribution in [-0.2, 0) is 6.42 Å². The first-order valence-corrected chi connectivity index (χ1v) is 6.39. The Hall–Kier alpha value is -1.55. The summed E-state index contributed by atoms with van der Waals surface area (Å²) in [4.78, 5) is 8.86. The van der Waals surface area contributed by atoms with Crippen molar-refractivity contribution in [3.63, 3.8) is 0 Å². The number of aromatic nitrogens is 2. The van der Waals surface area contributed by atoms with Crippen LogP contribution in [0, 0.1) is 12.7 Å². The third kappa shape index (κ3) is 2.08. The first-order chi connectivity index (χ1) is 8.74. The summed E-state index contributed by atoms with van der Waals surface area (Å²) in [6.45, 7) is 2.97. The standard InChI is InChI=1S/C14H16FN3/c1-9-11-5-2-6-12(15)14(11)18-13(17-9)8-10-4-3-7-16-10/h2,5-6,10,16H,3-4,7-8H2,1H3. The van der Waals surface area contributed by atoms with Crippen LogP contribution in [0.4, 0.5) is 4.39 Å². The van der Waals surface area contributed by atoms with Gasteiger partial charge in [-0.3, -0.25) is 0 Å². The molecule has 1 fully saturated rings. The third-order valence-corrected chi connectivity index (χ3v) is 3.51. The van der Waals surface area contributed by atoms with E-state index in [2.05, 4.69) is 15.3 Å². The van der Waals surface area contributed by atoms with Gasteiger partial charge < -0.3 is 5.32 Å². The molecule has 18 heavy (non-hydrogen) atoms. The van der Waals surface area contributed by atoms with Gasteiger partial charge in [0.2, 0.25) is 0 Å². The van der Waals surface area contributed by atoms with Gasteiger partial charge in [0, 0.05) is 23.5 Å². The first-order valence-electron chi connectivity index (χ1n) is 6.39. The highest BCUT2D eigenvalue weighted by atomic mass is 19.1. The van der Waals surface area contributed by atoms with Gasteiger partial charge in [0.25, 0.3) is 0 Å². The summed E-state index contributed by atoms with van der Waals surface area (Å²) in [5.41, 5.74) is 1.30. The molecule has 4 heteroatoms. The molecular weight excluding hydrogens is 229 g/mol. The maximum atomic E-state index is 13.8. The molecule has 2 aromatic rings. The Morgan fingerprint density at radius 3 is 3.06 bits per heavy atom.